The van der Waals surface area contributed by atoms with E-state index in [4.69, 9.17) is 0 Å². The Morgan fingerprint density at radius 2 is 1.62 bits per heavy atom. The van der Waals surface area contributed by atoms with E-state index in [1.54, 1.807) is 17.8 Å². The minimum absolute atomic E-state index is 0.158. The zero-order valence-corrected chi connectivity index (χ0v) is 9.30. The summed E-state index contributed by atoms with van der Waals surface area (Å²) < 4.78 is 13.6. The van der Waals surface area contributed by atoms with E-state index in [0.29, 0.717) is 5.56 Å². The number of halogens is 1. The molecule has 0 bridgehead atoms. The summed E-state index contributed by atoms with van der Waals surface area (Å²) in [6.45, 7) is 0. The lowest BCUT2D eigenvalue weighted by Gasteiger charge is -2.05. The van der Waals surface area contributed by atoms with Crippen LogP contribution >= 0.6 is 11.8 Å². The van der Waals surface area contributed by atoms with Crippen LogP contribution in [-0.2, 0) is 0 Å². The number of hydrogen-bond donors (Lipinski definition) is 0. The van der Waals surface area contributed by atoms with Gasteiger partial charge in [0, 0.05) is 15.4 Å². The monoisotopic (exact) mass is 228 g/mol. The van der Waals surface area contributed by atoms with Gasteiger partial charge in [-0.15, -0.1) is 0 Å². The molecule has 16 heavy (non-hydrogen) atoms. The van der Waals surface area contributed by atoms with Gasteiger partial charge in [0.25, 0.3) is 0 Å². The van der Waals surface area contributed by atoms with Crippen molar-refractivity contribution in [3.63, 3.8) is 0 Å². The van der Waals surface area contributed by atoms with Crippen molar-refractivity contribution in [1.29, 1.82) is 0 Å². The zero-order valence-electron chi connectivity index (χ0n) is 8.48. The molecule has 1 aliphatic rings. The summed E-state index contributed by atoms with van der Waals surface area (Å²) in [5, 5.41) is 0. The predicted molar refractivity (Wildman–Crippen MR) is 65.9 cm³/mol. The first-order valence-electron chi connectivity index (χ1n) is 5.08. The molecule has 0 fully saturated rings. The fourth-order valence-electron chi connectivity index (χ4n) is 1.77. The maximum Gasteiger partial charge on any atom is 0.131 e. The third-order valence-corrected chi connectivity index (χ3v) is 3.75. The maximum absolute atomic E-state index is 13.6. The van der Waals surface area contributed by atoms with E-state index in [1.165, 1.54) is 11.0 Å². The molecule has 2 aromatic rings. The molecule has 0 radical (unpaired) electrons. The average Bonchev–Trinajstić information content (AvgIpc) is 2.48. The fraction of sp³-hybridized carbons (Fsp3) is 0. The predicted octanol–water partition coefficient (Wildman–Crippen LogP) is 4.46. The maximum atomic E-state index is 13.6. The first-order chi connectivity index (χ1) is 7.84. The molecule has 0 saturated heterocycles. The Labute approximate surface area is 97.8 Å². The molecule has 0 spiro atoms. The minimum atomic E-state index is -0.158. The van der Waals surface area contributed by atoms with Crippen molar-refractivity contribution in [2.45, 2.75) is 9.79 Å². The molecule has 0 atom stereocenters. The molecule has 0 amide bonds. The van der Waals surface area contributed by atoms with Crippen LogP contribution in [0.5, 0.6) is 0 Å². The van der Waals surface area contributed by atoms with Crippen molar-refractivity contribution < 1.29 is 4.39 Å². The van der Waals surface area contributed by atoms with Crippen LogP contribution < -0.4 is 0 Å². The summed E-state index contributed by atoms with van der Waals surface area (Å²) in [5.41, 5.74) is 1.83. The molecule has 1 heterocycles. The van der Waals surface area contributed by atoms with Gasteiger partial charge in [-0.2, -0.15) is 0 Å². The van der Waals surface area contributed by atoms with E-state index in [-0.39, 0.29) is 5.82 Å². The topological polar surface area (TPSA) is 0 Å². The van der Waals surface area contributed by atoms with E-state index >= 15 is 0 Å². The van der Waals surface area contributed by atoms with Gasteiger partial charge in [-0.05, 0) is 23.8 Å². The van der Waals surface area contributed by atoms with Gasteiger partial charge in [-0.1, -0.05) is 48.2 Å². The molecule has 0 unspecified atom stereocenters. The standard InChI is InChI=1S/C14H9FS/c15-12-5-3-7-14-11(12)9-8-10-4-1-2-6-13(10)16-14/h1-9H. The van der Waals surface area contributed by atoms with Crippen LogP contribution in [-0.4, -0.2) is 0 Å². The largest absolute Gasteiger partial charge is 0.206 e. The SMILES string of the molecule is Fc1cccc2c1C=Cc1ccccc1S2. The Bertz CT molecular complexity index is 573. The second-order valence-corrected chi connectivity index (χ2v) is 4.71. The fourth-order valence-corrected chi connectivity index (χ4v) is 2.83. The lowest BCUT2D eigenvalue weighted by molar-refractivity contribution is 0.621. The van der Waals surface area contributed by atoms with Crippen molar-refractivity contribution in [3.05, 3.63) is 59.4 Å². The lowest BCUT2D eigenvalue weighted by Crippen LogP contribution is -1.84. The summed E-state index contributed by atoms with van der Waals surface area (Å²) in [4.78, 5) is 2.14. The Hall–Kier alpha value is -1.54. The van der Waals surface area contributed by atoms with Gasteiger partial charge in [0.05, 0.1) is 0 Å². The number of hydrogen-bond acceptors (Lipinski definition) is 1. The third kappa shape index (κ3) is 1.55. The second-order valence-electron chi connectivity index (χ2n) is 3.62. The average molecular weight is 228 g/mol. The number of benzene rings is 2. The first-order valence-corrected chi connectivity index (χ1v) is 5.90. The summed E-state index contributed by atoms with van der Waals surface area (Å²) in [5.74, 6) is -0.158. The van der Waals surface area contributed by atoms with Crippen LogP contribution in [0.2, 0.25) is 0 Å². The van der Waals surface area contributed by atoms with Crippen molar-refractivity contribution >= 4 is 23.9 Å². The highest BCUT2D eigenvalue weighted by molar-refractivity contribution is 7.99. The van der Waals surface area contributed by atoms with Gasteiger partial charge in [0.2, 0.25) is 0 Å². The van der Waals surface area contributed by atoms with Crippen LogP contribution in [0.4, 0.5) is 4.39 Å². The van der Waals surface area contributed by atoms with E-state index in [9.17, 15) is 4.39 Å². The molecule has 0 aliphatic carbocycles. The van der Waals surface area contributed by atoms with Crippen molar-refractivity contribution in [3.8, 4) is 0 Å². The number of fused-ring (bicyclic) bond motifs is 2. The molecule has 0 aromatic heterocycles. The Morgan fingerprint density at radius 1 is 0.812 bits per heavy atom. The van der Waals surface area contributed by atoms with Crippen LogP contribution in [0, 0.1) is 5.82 Å². The molecule has 1 aliphatic heterocycles. The molecular weight excluding hydrogens is 219 g/mol. The third-order valence-electron chi connectivity index (χ3n) is 2.58. The Morgan fingerprint density at radius 3 is 2.56 bits per heavy atom. The minimum Gasteiger partial charge on any atom is -0.206 e. The second kappa shape index (κ2) is 3.80. The summed E-state index contributed by atoms with van der Waals surface area (Å²) in [7, 11) is 0. The first kappa shape index (κ1) is 9.67. The summed E-state index contributed by atoms with van der Waals surface area (Å²) >= 11 is 1.61. The van der Waals surface area contributed by atoms with Gasteiger partial charge in [-0.25, -0.2) is 4.39 Å². The highest BCUT2D eigenvalue weighted by atomic mass is 32.2. The summed E-state index contributed by atoms with van der Waals surface area (Å²) in [6.07, 6.45) is 3.82. The molecule has 3 rings (SSSR count). The van der Waals surface area contributed by atoms with Gasteiger partial charge >= 0.3 is 0 Å². The van der Waals surface area contributed by atoms with Crippen molar-refractivity contribution in [2.75, 3.05) is 0 Å². The van der Waals surface area contributed by atoms with E-state index < -0.39 is 0 Å². The molecule has 78 valence electrons. The normalized spacial score (nSPS) is 12.8. The molecule has 2 heteroatoms. The molecular formula is C14H9FS. The van der Waals surface area contributed by atoms with Gasteiger partial charge < -0.3 is 0 Å². The van der Waals surface area contributed by atoms with Gasteiger partial charge in [0.15, 0.2) is 0 Å². The molecule has 0 saturated carbocycles. The zero-order chi connectivity index (χ0) is 11.0. The van der Waals surface area contributed by atoms with E-state index in [2.05, 4.69) is 6.07 Å². The highest BCUT2D eigenvalue weighted by Crippen LogP contribution is 2.37. The summed E-state index contributed by atoms with van der Waals surface area (Å²) in [6, 6.07) is 13.3. The van der Waals surface area contributed by atoms with E-state index in [1.807, 2.05) is 36.4 Å². The highest BCUT2D eigenvalue weighted by Gasteiger charge is 2.11. The Balaban J connectivity index is 2.21. The number of rotatable bonds is 0. The smallest absolute Gasteiger partial charge is 0.131 e. The van der Waals surface area contributed by atoms with Crippen molar-refractivity contribution in [1.82, 2.24) is 0 Å². The Kier molecular flexibility index (Phi) is 2.29. The lowest BCUT2D eigenvalue weighted by atomic mass is 10.1. The van der Waals surface area contributed by atoms with Crippen LogP contribution in [0.25, 0.3) is 12.2 Å². The van der Waals surface area contributed by atoms with Crippen molar-refractivity contribution in [2.24, 2.45) is 0 Å². The molecule has 0 N–H and O–H groups in total. The van der Waals surface area contributed by atoms with E-state index in [0.717, 1.165) is 10.5 Å². The van der Waals surface area contributed by atoms with Gasteiger partial charge in [0.1, 0.15) is 5.82 Å². The van der Waals surface area contributed by atoms with Crippen LogP contribution in [0.3, 0.4) is 0 Å². The van der Waals surface area contributed by atoms with Gasteiger partial charge in [-0.3, -0.25) is 0 Å². The quantitative estimate of drug-likeness (QED) is 0.547. The van der Waals surface area contributed by atoms with Crippen LogP contribution in [0.15, 0.2) is 52.3 Å². The van der Waals surface area contributed by atoms with Crippen LogP contribution in [0.1, 0.15) is 11.1 Å². The molecule has 0 nitrogen and oxygen atoms in total. The molecule has 2 aromatic carbocycles.